The predicted octanol–water partition coefficient (Wildman–Crippen LogP) is 1.59. The van der Waals surface area contributed by atoms with Gasteiger partial charge < -0.3 is 15.5 Å². The van der Waals surface area contributed by atoms with Crippen molar-refractivity contribution in [1.29, 1.82) is 0 Å². The Balaban J connectivity index is 2.48. The van der Waals surface area contributed by atoms with Crippen LogP contribution in [0.3, 0.4) is 0 Å². The molecule has 0 spiro atoms. The predicted molar refractivity (Wildman–Crippen MR) is 74.5 cm³/mol. The van der Waals surface area contributed by atoms with Crippen LogP contribution in [0.15, 0.2) is 30.3 Å². The van der Waals surface area contributed by atoms with Crippen LogP contribution in [0.1, 0.15) is 25.8 Å². The summed E-state index contributed by atoms with van der Waals surface area (Å²) in [5.74, 6) is 0. The fourth-order valence-electron chi connectivity index (χ4n) is 1.78. The molecule has 1 aromatic carbocycles. The van der Waals surface area contributed by atoms with Crippen LogP contribution in [0.4, 0.5) is 0 Å². The van der Waals surface area contributed by atoms with Crippen LogP contribution in [0, 0.1) is 5.41 Å². The molecule has 1 rings (SSSR count). The number of hydrogen-bond donors (Lipinski definition) is 3. The standard InChI is InChI=1S/C15H25NO2/c1-3-15(2,12-18)11-16-14(10-17)9-13-7-5-4-6-8-13/h4-8,14,16-18H,3,9-12H2,1-2H3. The molecule has 0 bridgehead atoms. The van der Waals surface area contributed by atoms with E-state index in [0.717, 1.165) is 19.4 Å². The average Bonchev–Trinajstić information content (AvgIpc) is 2.44. The van der Waals surface area contributed by atoms with E-state index in [2.05, 4.69) is 31.3 Å². The number of nitrogens with one attached hydrogen (secondary N) is 1. The topological polar surface area (TPSA) is 52.5 Å². The summed E-state index contributed by atoms with van der Waals surface area (Å²) < 4.78 is 0. The van der Waals surface area contributed by atoms with E-state index >= 15 is 0 Å². The Morgan fingerprint density at radius 3 is 2.39 bits per heavy atom. The maximum absolute atomic E-state index is 9.40. The van der Waals surface area contributed by atoms with Crippen LogP contribution in [-0.4, -0.2) is 36.0 Å². The van der Waals surface area contributed by atoms with Crippen molar-refractivity contribution in [2.75, 3.05) is 19.8 Å². The zero-order chi connectivity index (χ0) is 13.4. The summed E-state index contributed by atoms with van der Waals surface area (Å²) in [4.78, 5) is 0. The lowest BCUT2D eigenvalue weighted by Crippen LogP contribution is -2.42. The van der Waals surface area contributed by atoms with E-state index in [0.29, 0.717) is 0 Å². The van der Waals surface area contributed by atoms with Crippen LogP contribution in [0.2, 0.25) is 0 Å². The van der Waals surface area contributed by atoms with Crippen molar-refractivity contribution in [2.45, 2.75) is 32.7 Å². The van der Waals surface area contributed by atoms with Crippen LogP contribution >= 0.6 is 0 Å². The first-order chi connectivity index (χ1) is 8.63. The molecule has 0 aliphatic carbocycles. The molecule has 0 aliphatic heterocycles. The van der Waals surface area contributed by atoms with Gasteiger partial charge in [-0.3, -0.25) is 0 Å². The minimum absolute atomic E-state index is 0.0461. The Hall–Kier alpha value is -0.900. The van der Waals surface area contributed by atoms with Crippen LogP contribution in [0.25, 0.3) is 0 Å². The minimum Gasteiger partial charge on any atom is -0.396 e. The van der Waals surface area contributed by atoms with Crippen LogP contribution < -0.4 is 5.32 Å². The summed E-state index contributed by atoms with van der Waals surface area (Å²) in [5.41, 5.74) is 1.11. The Kier molecular flexibility index (Phi) is 6.33. The second-order valence-corrected chi connectivity index (χ2v) is 5.27. The smallest absolute Gasteiger partial charge is 0.0587 e. The van der Waals surface area contributed by atoms with Gasteiger partial charge in [-0.1, -0.05) is 44.2 Å². The summed E-state index contributed by atoms with van der Waals surface area (Å²) in [6.07, 6.45) is 1.72. The van der Waals surface area contributed by atoms with E-state index in [1.54, 1.807) is 0 Å². The van der Waals surface area contributed by atoms with Gasteiger partial charge in [-0.25, -0.2) is 0 Å². The largest absolute Gasteiger partial charge is 0.396 e. The molecule has 0 radical (unpaired) electrons. The van der Waals surface area contributed by atoms with Crippen molar-refractivity contribution in [1.82, 2.24) is 5.32 Å². The highest BCUT2D eigenvalue weighted by Crippen LogP contribution is 2.18. The second kappa shape index (κ2) is 7.52. The number of aliphatic hydroxyl groups excluding tert-OH is 2. The molecular formula is C15H25NO2. The van der Waals surface area contributed by atoms with Gasteiger partial charge in [0.05, 0.1) is 6.61 Å². The van der Waals surface area contributed by atoms with E-state index < -0.39 is 0 Å². The van der Waals surface area contributed by atoms with Gasteiger partial charge in [0.1, 0.15) is 0 Å². The normalized spacial score (nSPS) is 16.2. The molecule has 0 aromatic heterocycles. The third-order valence-electron chi connectivity index (χ3n) is 3.60. The fraction of sp³-hybridized carbons (Fsp3) is 0.600. The quantitative estimate of drug-likeness (QED) is 0.657. The van der Waals surface area contributed by atoms with E-state index in [1.165, 1.54) is 5.56 Å². The summed E-state index contributed by atoms with van der Waals surface area (Å²) in [6.45, 7) is 5.12. The highest BCUT2D eigenvalue weighted by atomic mass is 16.3. The summed E-state index contributed by atoms with van der Waals surface area (Å²) >= 11 is 0. The van der Waals surface area contributed by atoms with Gasteiger partial charge in [-0.05, 0) is 18.4 Å². The molecule has 102 valence electrons. The van der Waals surface area contributed by atoms with Crippen LogP contribution in [-0.2, 0) is 6.42 Å². The van der Waals surface area contributed by atoms with Crippen LogP contribution in [0.5, 0.6) is 0 Å². The zero-order valence-corrected chi connectivity index (χ0v) is 11.4. The molecule has 3 N–H and O–H groups in total. The van der Waals surface area contributed by atoms with Gasteiger partial charge >= 0.3 is 0 Å². The van der Waals surface area contributed by atoms with Gasteiger partial charge in [0.2, 0.25) is 0 Å². The highest BCUT2D eigenvalue weighted by molar-refractivity contribution is 5.15. The second-order valence-electron chi connectivity index (χ2n) is 5.27. The molecule has 3 nitrogen and oxygen atoms in total. The maximum atomic E-state index is 9.40. The Morgan fingerprint density at radius 1 is 1.22 bits per heavy atom. The SMILES string of the molecule is CCC(C)(CO)CNC(CO)Cc1ccccc1. The first kappa shape index (κ1) is 15.2. The molecule has 2 unspecified atom stereocenters. The van der Waals surface area contributed by atoms with E-state index in [-0.39, 0.29) is 24.7 Å². The summed E-state index contributed by atoms with van der Waals surface area (Å²) in [6, 6.07) is 10.2. The van der Waals surface area contributed by atoms with Crippen molar-refractivity contribution in [3.8, 4) is 0 Å². The molecule has 0 saturated heterocycles. The van der Waals surface area contributed by atoms with Crippen molar-refractivity contribution in [3.63, 3.8) is 0 Å². The highest BCUT2D eigenvalue weighted by Gasteiger charge is 2.22. The van der Waals surface area contributed by atoms with Gasteiger partial charge in [0.25, 0.3) is 0 Å². The molecule has 18 heavy (non-hydrogen) atoms. The lowest BCUT2D eigenvalue weighted by Gasteiger charge is -2.28. The number of benzene rings is 1. The maximum Gasteiger partial charge on any atom is 0.0587 e. The molecule has 1 aromatic rings. The zero-order valence-electron chi connectivity index (χ0n) is 11.4. The first-order valence-electron chi connectivity index (χ1n) is 6.62. The molecular weight excluding hydrogens is 226 g/mol. The molecule has 0 amide bonds. The summed E-state index contributed by atoms with van der Waals surface area (Å²) in [7, 11) is 0. The molecule has 0 fully saturated rings. The lowest BCUT2D eigenvalue weighted by molar-refractivity contribution is 0.125. The Bertz CT molecular complexity index is 323. The average molecular weight is 251 g/mol. The summed E-state index contributed by atoms with van der Waals surface area (Å²) in [5, 5.41) is 22.1. The van der Waals surface area contributed by atoms with Gasteiger partial charge in [-0.15, -0.1) is 0 Å². The Labute approximate surface area is 110 Å². The lowest BCUT2D eigenvalue weighted by atomic mass is 9.88. The fourth-order valence-corrected chi connectivity index (χ4v) is 1.78. The van der Waals surface area contributed by atoms with Crippen molar-refractivity contribution in [3.05, 3.63) is 35.9 Å². The monoisotopic (exact) mass is 251 g/mol. The van der Waals surface area contributed by atoms with Crippen molar-refractivity contribution >= 4 is 0 Å². The third kappa shape index (κ3) is 4.77. The van der Waals surface area contributed by atoms with E-state index in [4.69, 9.17) is 0 Å². The van der Waals surface area contributed by atoms with Crippen molar-refractivity contribution < 1.29 is 10.2 Å². The molecule has 3 heteroatoms. The number of rotatable bonds is 8. The third-order valence-corrected chi connectivity index (χ3v) is 3.60. The minimum atomic E-state index is -0.107. The van der Waals surface area contributed by atoms with Gasteiger partial charge in [0, 0.05) is 24.6 Å². The number of hydrogen-bond acceptors (Lipinski definition) is 3. The van der Waals surface area contributed by atoms with Gasteiger partial charge in [-0.2, -0.15) is 0 Å². The molecule has 0 aliphatic rings. The van der Waals surface area contributed by atoms with E-state index in [1.807, 2.05) is 18.2 Å². The first-order valence-corrected chi connectivity index (χ1v) is 6.62. The molecule has 0 heterocycles. The van der Waals surface area contributed by atoms with E-state index in [9.17, 15) is 10.2 Å². The van der Waals surface area contributed by atoms with Crippen molar-refractivity contribution in [2.24, 2.45) is 5.41 Å². The van der Waals surface area contributed by atoms with Gasteiger partial charge in [0.15, 0.2) is 0 Å². The Morgan fingerprint density at radius 2 is 1.89 bits per heavy atom. The molecule has 0 saturated carbocycles. The molecule has 2 atom stereocenters. The number of aliphatic hydroxyl groups is 2.